The molecule has 0 radical (unpaired) electrons. The van der Waals surface area contributed by atoms with Gasteiger partial charge in [-0.15, -0.1) is 0 Å². The molecule has 0 aliphatic heterocycles. The maximum Gasteiger partial charge on any atom is 0.103 e. The van der Waals surface area contributed by atoms with Crippen LogP contribution in [0.3, 0.4) is 0 Å². The molecule has 0 unspecified atom stereocenters. The summed E-state index contributed by atoms with van der Waals surface area (Å²) in [5.74, 6) is 0.137. The Morgan fingerprint density at radius 3 is 2.00 bits per heavy atom. The molecule has 2 atom stereocenters. The summed E-state index contributed by atoms with van der Waals surface area (Å²) in [5, 5.41) is 9.24. The molecule has 1 rings (SSSR count). The standard InChI is InChI=1S/C7H10Cl2O/c1-7(2)4(6(7)10)3-5(8)9/h3-4,6,10H,1-2H3/t4-,6-/m1/s1. The second-order valence-corrected chi connectivity index (χ2v) is 4.26. The monoisotopic (exact) mass is 180 g/mol. The van der Waals surface area contributed by atoms with Gasteiger partial charge in [0.2, 0.25) is 0 Å². The van der Waals surface area contributed by atoms with E-state index in [2.05, 4.69) is 0 Å². The second kappa shape index (κ2) is 2.40. The third-order valence-corrected chi connectivity index (χ3v) is 2.41. The molecule has 0 heterocycles. The molecule has 1 aliphatic rings. The lowest BCUT2D eigenvalue weighted by Gasteiger charge is -1.94. The highest BCUT2D eigenvalue weighted by atomic mass is 35.5. The fourth-order valence-corrected chi connectivity index (χ4v) is 1.36. The third kappa shape index (κ3) is 1.31. The van der Waals surface area contributed by atoms with Crippen LogP contribution in [0.15, 0.2) is 10.6 Å². The zero-order valence-corrected chi connectivity index (χ0v) is 7.45. The molecule has 1 nitrogen and oxygen atoms in total. The lowest BCUT2D eigenvalue weighted by molar-refractivity contribution is 0.232. The van der Waals surface area contributed by atoms with Gasteiger partial charge in [-0.1, -0.05) is 37.0 Å². The summed E-state index contributed by atoms with van der Waals surface area (Å²) in [5.41, 5.74) is -0.0327. The summed E-state index contributed by atoms with van der Waals surface area (Å²) in [4.78, 5) is 0. The maximum absolute atomic E-state index is 9.24. The van der Waals surface area contributed by atoms with Gasteiger partial charge in [0.25, 0.3) is 0 Å². The van der Waals surface area contributed by atoms with E-state index < -0.39 is 0 Å². The minimum atomic E-state index is -0.278. The molecule has 10 heavy (non-hydrogen) atoms. The van der Waals surface area contributed by atoms with E-state index >= 15 is 0 Å². The van der Waals surface area contributed by atoms with Crippen LogP contribution in [0.25, 0.3) is 0 Å². The van der Waals surface area contributed by atoms with Gasteiger partial charge in [-0.3, -0.25) is 0 Å². The van der Waals surface area contributed by atoms with Crippen LogP contribution in [0.5, 0.6) is 0 Å². The summed E-state index contributed by atoms with van der Waals surface area (Å²) in [7, 11) is 0. The fourth-order valence-electron chi connectivity index (χ4n) is 1.09. The molecular weight excluding hydrogens is 171 g/mol. The minimum absolute atomic E-state index is 0.0327. The average molecular weight is 181 g/mol. The smallest absolute Gasteiger partial charge is 0.103 e. The largest absolute Gasteiger partial charge is 0.392 e. The Morgan fingerprint density at radius 1 is 1.50 bits per heavy atom. The average Bonchev–Trinajstić information content (AvgIpc) is 2.17. The SMILES string of the molecule is CC1(C)[C@H](O)[C@H]1C=C(Cl)Cl. The zero-order valence-electron chi connectivity index (χ0n) is 5.94. The Balaban J connectivity index is 2.58. The van der Waals surface area contributed by atoms with Crippen molar-refractivity contribution in [2.45, 2.75) is 20.0 Å². The van der Waals surface area contributed by atoms with Crippen molar-refractivity contribution in [2.75, 3.05) is 0 Å². The number of halogens is 2. The lowest BCUT2D eigenvalue weighted by Crippen LogP contribution is -1.91. The molecule has 1 N–H and O–H groups in total. The van der Waals surface area contributed by atoms with Crippen molar-refractivity contribution in [2.24, 2.45) is 11.3 Å². The lowest BCUT2D eigenvalue weighted by atomic mass is 10.1. The van der Waals surface area contributed by atoms with Crippen LogP contribution in [0, 0.1) is 11.3 Å². The van der Waals surface area contributed by atoms with Crippen molar-refractivity contribution in [1.29, 1.82) is 0 Å². The molecule has 0 saturated heterocycles. The van der Waals surface area contributed by atoms with Crippen LogP contribution < -0.4 is 0 Å². The van der Waals surface area contributed by atoms with E-state index in [1.807, 2.05) is 13.8 Å². The third-order valence-electron chi connectivity index (χ3n) is 2.16. The van der Waals surface area contributed by atoms with E-state index in [0.717, 1.165) is 0 Å². The Kier molecular flexibility index (Phi) is 2.01. The molecule has 3 heteroatoms. The van der Waals surface area contributed by atoms with Crippen LogP contribution in [0.4, 0.5) is 0 Å². The summed E-state index contributed by atoms with van der Waals surface area (Å²) in [6.45, 7) is 3.96. The van der Waals surface area contributed by atoms with Crippen molar-refractivity contribution < 1.29 is 5.11 Å². The molecule has 0 amide bonds. The Labute approximate surface area is 70.6 Å². The summed E-state index contributed by atoms with van der Waals surface area (Å²) in [6.07, 6.45) is 1.41. The normalized spacial score (nSPS) is 35.3. The zero-order chi connectivity index (χ0) is 7.94. The minimum Gasteiger partial charge on any atom is -0.392 e. The first-order chi connectivity index (χ1) is 4.46. The van der Waals surface area contributed by atoms with Crippen LogP contribution in [0.1, 0.15) is 13.8 Å². The molecule has 58 valence electrons. The Morgan fingerprint density at radius 2 is 1.90 bits per heavy atom. The molecule has 0 aromatic heterocycles. The molecule has 0 spiro atoms. The van der Waals surface area contributed by atoms with E-state index in [0.29, 0.717) is 0 Å². The van der Waals surface area contributed by atoms with E-state index in [-0.39, 0.29) is 21.9 Å². The van der Waals surface area contributed by atoms with Gasteiger partial charge in [0.1, 0.15) is 4.49 Å². The second-order valence-electron chi connectivity index (χ2n) is 3.25. The Bertz CT molecular complexity index is 170. The first-order valence-electron chi connectivity index (χ1n) is 3.17. The molecule has 0 bridgehead atoms. The van der Waals surface area contributed by atoms with Crippen LogP contribution in [-0.2, 0) is 0 Å². The molecule has 1 aliphatic carbocycles. The number of rotatable bonds is 1. The fraction of sp³-hybridized carbons (Fsp3) is 0.714. The topological polar surface area (TPSA) is 20.2 Å². The van der Waals surface area contributed by atoms with Crippen LogP contribution in [-0.4, -0.2) is 11.2 Å². The molecule has 0 aromatic rings. The predicted octanol–water partition coefficient (Wildman–Crippen LogP) is 2.32. The first-order valence-corrected chi connectivity index (χ1v) is 3.92. The van der Waals surface area contributed by atoms with Crippen molar-refractivity contribution in [1.82, 2.24) is 0 Å². The van der Waals surface area contributed by atoms with E-state index in [1.54, 1.807) is 6.08 Å². The van der Waals surface area contributed by atoms with Gasteiger partial charge in [-0.2, -0.15) is 0 Å². The number of aliphatic hydroxyl groups excluding tert-OH is 1. The molecule has 0 aromatic carbocycles. The highest BCUT2D eigenvalue weighted by Gasteiger charge is 2.55. The summed E-state index contributed by atoms with van der Waals surface area (Å²) in [6, 6.07) is 0. The van der Waals surface area contributed by atoms with Crippen LogP contribution >= 0.6 is 23.2 Å². The van der Waals surface area contributed by atoms with Gasteiger partial charge < -0.3 is 5.11 Å². The molecule has 1 saturated carbocycles. The van der Waals surface area contributed by atoms with Gasteiger partial charge in [0.05, 0.1) is 6.10 Å². The number of aliphatic hydroxyl groups is 1. The van der Waals surface area contributed by atoms with Crippen LogP contribution in [0.2, 0.25) is 0 Å². The number of hydrogen-bond donors (Lipinski definition) is 1. The quantitative estimate of drug-likeness (QED) is 0.658. The maximum atomic E-state index is 9.24. The van der Waals surface area contributed by atoms with Gasteiger partial charge in [-0.05, 0) is 6.08 Å². The molecule has 1 fully saturated rings. The highest BCUT2D eigenvalue weighted by Crippen LogP contribution is 2.53. The summed E-state index contributed by atoms with van der Waals surface area (Å²) >= 11 is 10.8. The van der Waals surface area contributed by atoms with E-state index in [4.69, 9.17) is 23.2 Å². The Hall–Kier alpha value is 0.280. The van der Waals surface area contributed by atoms with Crippen molar-refractivity contribution in [3.63, 3.8) is 0 Å². The van der Waals surface area contributed by atoms with E-state index in [9.17, 15) is 5.11 Å². The van der Waals surface area contributed by atoms with E-state index in [1.165, 1.54) is 0 Å². The van der Waals surface area contributed by atoms with Gasteiger partial charge >= 0.3 is 0 Å². The van der Waals surface area contributed by atoms with Gasteiger partial charge in [-0.25, -0.2) is 0 Å². The van der Waals surface area contributed by atoms with Gasteiger partial charge in [0.15, 0.2) is 0 Å². The van der Waals surface area contributed by atoms with Crippen molar-refractivity contribution in [3.8, 4) is 0 Å². The molecular formula is C7H10Cl2O. The van der Waals surface area contributed by atoms with Gasteiger partial charge in [0, 0.05) is 11.3 Å². The van der Waals surface area contributed by atoms with Crippen molar-refractivity contribution >= 4 is 23.2 Å². The number of hydrogen-bond acceptors (Lipinski definition) is 1. The highest BCUT2D eigenvalue weighted by molar-refractivity contribution is 6.55. The first kappa shape index (κ1) is 8.38. The summed E-state index contributed by atoms with van der Waals surface area (Å²) < 4.78 is 0.245. The van der Waals surface area contributed by atoms with Crippen molar-refractivity contribution in [3.05, 3.63) is 10.6 Å². The predicted molar refractivity (Wildman–Crippen MR) is 43.1 cm³/mol.